The van der Waals surface area contributed by atoms with E-state index in [9.17, 15) is 0 Å². The molecule has 0 amide bonds. The predicted octanol–water partition coefficient (Wildman–Crippen LogP) is 3.72. The minimum atomic E-state index is 0. The number of allylic oxidation sites excluding steroid dienone is 4. The van der Waals surface area contributed by atoms with Crippen molar-refractivity contribution in [2.45, 2.75) is 34.1 Å². The van der Waals surface area contributed by atoms with Gasteiger partial charge in [0.2, 0.25) is 0 Å². The molecule has 0 spiro atoms. The van der Waals surface area contributed by atoms with Crippen molar-refractivity contribution in [1.29, 1.82) is 0 Å². The quantitative estimate of drug-likeness (QED) is 0.266. The molecule has 0 heterocycles. The Morgan fingerprint density at radius 3 is 1.45 bits per heavy atom. The maximum absolute atomic E-state index is 2.99. The maximum atomic E-state index is 2.99. The average Bonchev–Trinajstić information content (AvgIpc) is 3.55. The monoisotopic (exact) mass is 612 g/mol. The summed E-state index contributed by atoms with van der Waals surface area (Å²) in [7, 11) is 0. The summed E-state index contributed by atoms with van der Waals surface area (Å²) in [5.41, 5.74) is 7.84. The Labute approximate surface area is 255 Å². The Hall–Kier alpha value is -2.44. The Morgan fingerprint density at radius 2 is 1.13 bits per heavy atom. The molecule has 0 unspecified atom stereocenters. The van der Waals surface area contributed by atoms with Crippen LogP contribution in [0.4, 0.5) is 0 Å². The topological polar surface area (TPSA) is 0 Å². The molecular weight excluding hydrogens is 583 g/mol. The number of fused-ring (bicyclic) bond motifs is 3. The largest absolute Gasteiger partial charge is 1.00 e. The molecule has 0 saturated heterocycles. The van der Waals surface area contributed by atoms with E-state index in [4.69, 9.17) is 0 Å². The van der Waals surface area contributed by atoms with Crippen LogP contribution in [0.5, 0.6) is 0 Å². The Kier molecular flexibility index (Phi) is 12.7. The van der Waals surface area contributed by atoms with Crippen molar-refractivity contribution in [2.24, 2.45) is 0 Å². The van der Waals surface area contributed by atoms with Crippen LogP contribution in [-0.4, -0.2) is 3.21 Å². The van der Waals surface area contributed by atoms with Gasteiger partial charge in [-0.05, 0) is 36.1 Å². The maximum Gasteiger partial charge on any atom is -0.0194 e. The summed E-state index contributed by atoms with van der Waals surface area (Å²) >= 11 is 1.55. The van der Waals surface area contributed by atoms with Crippen molar-refractivity contribution in [2.75, 3.05) is 0 Å². The zero-order chi connectivity index (χ0) is 25.5. The van der Waals surface area contributed by atoms with Gasteiger partial charge in [-0.25, -0.2) is 12.2 Å². The van der Waals surface area contributed by atoms with E-state index in [1.165, 1.54) is 58.1 Å². The van der Waals surface area contributed by atoms with E-state index >= 15 is 0 Å². The number of hydrogen-bond acceptors (Lipinski definition) is 0. The molecule has 6 rings (SSSR count). The van der Waals surface area contributed by atoms with E-state index in [1.54, 1.807) is 24.2 Å². The van der Waals surface area contributed by atoms with E-state index in [2.05, 4.69) is 131 Å². The van der Waals surface area contributed by atoms with Crippen LogP contribution < -0.4 is 24.8 Å². The molecule has 0 aromatic heterocycles. The standard InChI is InChI=1S/C27H21.C5H5.C3H6.2ClH.Zr/c1-18-13-22-15-23-14-19(2)25(21-11-7-4-8-12-21)17-27(23)26(22)16-24(18)20-9-5-3-6-10-20;1-2-4-5-3-1;1-3-2;;;/h3-17H,1-2H3;1-3H,4H2;1-2H3;2*1H;/q2*-1;;;;+2/p-2. The van der Waals surface area contributed by atoms with Crippen molar-refractivity contribution in [3.8, 4) is 22.3 Å². The summed E-state index contributed by atoms with van der Waals surface area (Å²) in [6.45, 7) is 8.66. The molecule has 1 aliphatic rings. The molecule has 1 aliphatic carbocycles. The van der Waals surface area contributed by atoms with Crippen LogP contribution in [0.2, 0.25) is 0 Å². The molecule has 0 radical (unpaired) electrons. The second kappa shape index (κ2) is 15.2. The van der Waals surface area contributed by atoms with Crippen LogP contribution in [0.3, 0.4) is 0 Å². The Morgan fingerprint density at radius 1 is 0.711 bits per heavy atom. The van der Waals surface area contributed by atoms with Crippen molar-refractivity contribution in [1.82, 2.24) is 0 Å². The first-order chi connectivity index (χ1) is 17.4. The van der Waals surface area contributed by atoms with Crippen LogP contribution in [0.25, 0.3) is 43.8 Å². The fraction of sp³-hybridized carbons (Fsp3) is 0.143. The normalized spacial score (nSPS) is 11.1. The van der Waals surface area contributed by atoms with E-state index in [-0.39, 0.29) is 24.8 Å². The molecule has 0 fully saturated rings. The first-order valence-electron chi connectivity index (χ1n) is 12.4. The zero-order valence-corrected chi connectivity index (χ0v) is 26.3. The van der Waals surface area contributed by atoms with E-state index in [0.29, 0.717) is 0 Å². The van der Waals surface area contributed by atoms with Gasteiger partial charge in [-0.15, -0.1) is 46.2 Å². The third-order valence-electron chi connectivity index (χ3n) is 6.15. The summed E-state index contributed by atoms with van der Waals surface area (Å²) in [5, 5.41) is 5.33. The van der Waals surface area contributed by atoms with Crippen molar-refractivity contribution in [3.05, 3.63) is 126 Å². The number of hydrogen-bond donors (Lipinski definition) is 0. The van der Waals surface area contributed by atoms with Gasteiger partial charge in [0.25, 0.3) is 0 Å². The van der Waals surface area contributed by atoms with Crippen molar-refractivity contribution >= 4 is 24.8 Å². The molecule has 192 valence electrons. The third kappa shape index (κ3) is 8.03. The third-order valence-corrected chi connectivity index (χ3v) is 6.15. The molecule has 0 nitrogen and oxygen atoms in total. The number of halogens is 2. The van der Waals surface area contributed by atoms with Gasteiger partial charge in [-0.3, -0.25) is 6.08 Å². The first-order valence-corrected chi connectivity index (χ1v) is 13.7. The van der Waals surface area contributed by atoms with Crippen LogP contribution >= 0.6 is 0 Å². The molecule has 0 bridgehead atoms. The summed E-state index contributed by atoms with van der Waals surface area (Å²) in [5.74, 6) is 0. The van der Waals surface area contributed by atoms with Gasteiger partial charge in [-0.2, -0.15) is 6.08 Å². The summed E-state index contributed by atoms with van der Waals surface area (Å²) in [6, 6.07) is 33.1. The van der Waals surface area contributed by atoms with Gasteiger partial charge in [-0.1, -0.05) is 83.9 Å². The van der Waals surface area contributed by atoms with E-state index < -0.39 is 0 Å². The smallest absolute Gasteiger partial charge is 0.0194 e. The van der Waals surface area contributed by atoms with Gasteiger partial charge in [0.15, 0.2) is 0 Å². The fourth-order valence-electron chi connectivity index (χ4n) is 4.53. The van der Waals surface area contributed by atoms with E-state index in [0.717, 1.165) is 6.42 Å². The summed E-state index contributed by atoms with van der Waals surface area (Å²) < 4.78 is 1.51. The Bertz CT molecular complexity index is 1430. The van der Waals surface area contributed by atoms with Gasteiger partial charge in [0, 0.05) is 0 Å². The summed E-state index contributed by atoms with van der Waals surface area (Å²) in [6.07, 6.45) is 10.0. The van der Waals surface area contributed by atoms with Crippen LogP contribution in [-0.2, 0) is 24.2 Å². The zero-order valence-electron chi connectivity index (χ0n) is 22.4. The summed E-state index contributed by atoms with van der Waals surface area (Å²) in [4.78, 5) is 0. The van der Waals surface area contributed by atoms with Gasteiger partial charge >= 0.3 is 41.3 Å². The van der Waals surface area contributed by atoms with Crippen LogP contribution in [0.1, 0.15) is 31.4 Å². The Balaban J connectivity index is 0.000000398. The molecule has 0 N–H and O–H groups in total. The fourth-order valence-corrected chi connectivity index (χ4v) is 4.53. The van der Waals surface area contributed by atoms with Crippen LogP contribution in [0.15, 0.2) is 109 Å². The molecular formula is C35H32Cl2Zr-2. The molecule has 5 aromatic carbocycles. The minimum Gasteiger partial charge on any atom is -1.00 e. The van der Waals surface area contributed by atoms with Gasteiger partial charge < -0.3 is 24.8 Å². The van der Waals surface area contributed by atoms with Crippen molar-refractivity contribution in [3.63, 3.8) is 0 Å². The second-order valence-electron chi connectivity index (χ2n) is 9.39. The molecule has 5 aromatic rings. The second-order valence-corrected chi connectivity index (χ2v) is 11.8. The van der Waals surface area contributed by atoms with Gasteiger partial charge in [0.1, 0.15) is 0 Å². The molecule has 0 aliphatic heterocycles. The number of aryl methyl sites for hydroxylation is 2. The van der Waals surface area contributed by atoms with Crippen molar-refractivity contribution < 1.29 is 49.0 Å². The van der Waals surface area contributed by atoms with E-state index in [1.807, 2.05) is 12.2 Å². The SMILES string of the molecule is C[C](C)=[Zr+2].Cc1cc2[cH-]c3cc(C)c(-c4ccccc4)cc3c2cc1-c1ccccc1.[C-]1=CC=CC1.[Cl-].[Cl-]. The molecule has 0 saturated carbocycles. The van der Waals surface area contributed by atoms with Gasteiger partial charge in [0.05, 0.1) is 0 Å². The van der Waals surface area contributed by atoms with Crippen LogP contribution in [0, 0.1) is 19.9 Å². The molecule has 0 atom stereocenters. The molecule has 38 heavy (non-hydrogen) atoms. The predicted molar refractivity (Wildman–Crippen MR) is 155 cm³/mol. The number of benzene rings is 4. The first kappa shape index (κ1) is 31.8. The average molecular weight is 615 g/mol. The number of rotatable bonds is 2. The minimum absolute atomic E-state index is 0. The molecule has 3 heteroatoms.